The van der Waals surface area contributed by atoms with Gasteiger partial charge < -0.3 is 4.90 Å². The summed E-state index contributed by atoms with van der Waals surface area (Å²) in [6.45, 7) is 14.8. The van der Waals surface area contributed by atoms with Crippen molar-refractivity contribution in [3.8, 4) is 0 Å². The lowest BCUT2D eigenvalue weighted by Crippen LogP contribution is -2.30. The van der Waals surface area contributed by atoms with Crippen LogP contribution in [-0.4, -0.2) is 25.0 Å². The van der Waals surface area contributed by atoms with E-state index in [1.165, 1.54) is 6.42 Å². The van der Waals surface area contributed by atoms with Crippen molar-refractivity contribution in [2.75, 3.05) is 14.1 Å². The molecular weight excluding hydrogens is 158 g/mol. The highest BCUT2D eigenvalue weighted by Gasteiger charge is 2.10. The summed E-state index contributed by atoms with van der Waals surface area (Å²) in [5, 5.41) is 0. The van der Waals surface area contributed by atoms with Crippen molar-refractivity contribution in [3.63, 3.8) is 0 Å². The smallest absolute Gasteiger partial charge is 0.00863 e. The Morgan fingerprint density at radius 2 is 1.23 bits per heavy atom. The molecule has 13 heavy (non-hydrogen) atoms. The van der Waals surface area contributed by atoms with Crippen LogP contribution in [0, 0.1) is 5.92 Å². The minimum absolute atomic E-state index is 0.718. The molecule has 0 saturated heterocycles. The summed E-state index contributed by atoms with van der Waals surface area (Å²) in [4.78, 5) is 2.27. The largest absolute Gasteiger partial charge is 0.306 e. The summed E-state index contributed by atoms with van der Waals surface area (Å²) in [6, 6.07) is 0.718. The highest BCUT2D eigenvalue weighted by atomic mass is 15.1. The molecule has 0 aliphatic rings. The third kappa shape index (κ3) is 12.0. The van der Waals surface area contributed by atoms with Crippen molar-refractivity contribution in [2.24, 2.45) is 5.92 Å². The summed E-state index contributed by atoms with van der Waals surface area (Å²) < 4.78 is 0. The third-order valence-electron chi connectivity index (χ3n) is 2.28. The van der Waals surface area contributed by atoms with E-state index in [4.69, 9.17) is 0 Å². The first-order chi connectivity index (χ1) is 6.09. The fraction of sp³-hybridized carbons (Fsp3) is 1.00. The second-order valence-electron chi connectivity index (χ2n) is 3.09. The van der Waals surface area contributed by atoms with Gasteiger partial charge in [0.1, 0.15) is 0 Å². The molecular formula is C12H31N. The molecule has 0 aliphatic carbocycles. The third-order valence-corrected chi connectivity index (χ3v) is 2.28. The molecule has 2 unspecified atom stereocenters. The number of hydrogen-bond donors (Lipinski definition) is 0. The molecule has 0 rings (SSSR count). The van der Waals surface area contributed by atoms with Crippen molar-refractivity contribution in [1.82, 2.24) is 4.90 Å². The van der Waals surface area contributed by atoms with Crippen LogP contribution < -0.4 is 0 Å². The molecule has 0 spiro atoms. The first-order valence-corrected chi connectivity index (χ1v) is 5.76. The van der Waals surface area contributed by atoms with Gasteiger partial charge in [-0.05, 0) is 26.9 Å². The standard InChI is InChI=1S/C8H19N.2C2H6/c1-6-7(2)8(3)9(4)5;2*1-2/h7-8H,6H2,1-5H3;2*1-2H3. The lowest BCUT2D eigenvalue weighted by atomic mass is 10.0. The Morgan fingerprint density at radius 3 is 1.31 bits per heavy atom. The van der Waals surface area contributed by atoms with E-state index in [1.807, 2.05) is 27.7 Å². The molecule has 0 aromatic heterocycles. The second kappa shape index (κ2) is 14.5. The van der Waals surface area contributed by atoms with Crippen molar-refractivity contribution >= 4 is 0 Å². The summed E-state index contributed by atoms with van der Waals surface area (Å²) in [7, 11) is 4.27. The molecule has 0 radical (unpaired) electrons. The molecule has 0 heterocycles. The normalized spacial score (nSPS) is 13.4. The van der Waals surface area contributed by atoms with Gasteiger partial charge in [0.15, 0.2) is 0 Å². The van der Waals surface area contributed by atoms with E-state index in [-0.39, 0.29) is 0 Å². The average Bonchev–Trinajstić information content (AvgIpc) is 2.21. The molecule has 1 heteroatoms. The number of nitrogens with zero attached hydrogens (tertiary/aromatic N) is 1. The molecule has 84 valence electrons. The summed E-state index contributed by atoms with van der Waals surface area (Å²) in [5.41, 5.74) is 0. The highest BCUT2D eigenvalue weighted by molar-refractivity contribution is 4.65. The van der Waals surface area contributed by atoms with Crippen LogP contribution in [0.1, 0.15) is 54.9 Å². The first-order valence-electron chi connectivity index (χ1n) is 5.76. The van der Waals surface area contributed by atoms with E-state index >= 15 is 0 Å². The van der Waals surface area contributed by atoms with Gasteiger partial charge in [-0.2, -0.15) is 0 Å². The molecule has 0 fully saturated rings. The molecule has 0 aliphatic heterocycles. The van der Waals surface area contributed by atoms with Crippen LogP contribution in [0.4, 0.5) is 0 Å². The van der Waals surface area contributed by atoms with E-state index in [0.29, 0.717) is 0 Å². The maximum absolute atomic E-state index is 2.30. The molecule has 0 saturated carbocycles. The quantitative estimate of drug-likeness (QED) is 0.648. The molecule has 0 aromatic carbocycles. The zero-order chi connectivity index (χ0) is 11.4. The van der Waals surface area contributed by atoms with Crippen molar-refractivity contribution in [1.29, 1.82) is 0 Å². The maximum atomic E-state index is 2.30. The predicted octanol–water partition coefficient (Wildman–Crippen LogP) is 4.04. The van der Waals surface area contributed by atoms with Gasteiger partial charge in [0, 0.05) is 6.04 Å². The maximum Gasteiger partial charge on any atom is 0.00863 e. The molecule has 0 N–H and O–H groups in total. The van der Waals surface area contributed by atoms with Gasteiger partial charge in [0.25, 0.3) is 0 Å². The van der Waals surface area contributed by atoms with Crippen LogP contribution in [0.5, 0.6) is 0 Å². The summed E-state index contributed by atoms with van der Waals surface area (Å²) in [5.74, 6) is 0.819. The Kier molecular flexibility index (Phi) is 20.8. The summed E-state index contributed by atoms with van der Waals surface area (Å²) in [6.07, 6.45) is 1.28. The van der Waals surface area contributed by atoms with Crippen LogP contribution in [0.2, 0.25) is 0 Å². The van der Waals surface area contributed by atoms with E-state index in [0.717, 1.165) is 12.0 Å². The SMILES string of the molecule is CC.CC.CCC(C)C(C)N(C)C. The Hall–Kier alpha value is -0.0400. The topological polar surface area (TPSA) is 3.24 Å². The van der Waals surface area contributed by atoms with Crippen LogP contribution in [0.25, 0.3) is 0 Å². The molecule has 1 nitrogen and oxygen atoms in total. The van der Waals surface area contributed by atoms with Crippen molar-refractivity contribution < 1.29 is 0 Å². The van der Waals surface area contributed by atoms with Gasteiger partial charge >= 0.3 is 0 Å². The number of rotatable bonds is 3. The minimum atomic E-state index is 0.718. The van der Waals surface area contributed by atoms with Crippen LogP contribution in [-0.2, 0) is 0 Å². The number of hydrogen-bond acceptors (Lipinski definition) is 1. The van der Waals surface area contributed by atoms with Gasteiger partial charge in [0.2, 0.25) is 0 Å². The lowest BCUT2D eigenvalue weighted by molar-refractivity contribution is 0.235. The molecule has 2 atom stereocenters. The predicted molar refractivity (Wildman–Crippen MR) is 65.3 cm³/mol. The monoisotopic (exact) mass is 189 g/mol. The van der Waals surface area contributed by atoms with E-state index < -0.39 is 0 Å². The van der Waals surface area contributed by atoms with Crippen LogP contribution in [0.15, 0.2) is 0 Å². The molecule has 0 amide bonds. The zero-order valence-electron chi connectivity index (χ0n) is 11.3. The summed E-state index contributed by atoms with van der Waals surface area (Å²) >= 11 is 0. The van der Waals surface area contributed by atoms with Gasteiger partial charge in [0.05, 0.1) is 0 Å². The van der Waals surface area contributed by atoms with Gasteiger partial charge in [-0.25, -0.2) is 0 Å². The molecule has 0 bridgehead atoms. The van der Waals surface area contributed by atoms with E-state index in [9.17, 15) is 0 Å². The fourth-order valence-corrected chi connectivity index (χ4v) is 0.850. The van der Waals surface area contributed by atoms with Gasteiger partial charge in [-0.3, -0.25) is 0 Å². The second-order valence-corrected chi connectivity index (χ2v) is 3.09. The van der Waals surface area contributed by atoms with E-state index in [1.54, 1.807) is 0 Å². The fourth-order valence-electron chi connectivity index (χ4n) is 0.850. The Balaban J connectivity index is -0.000000218. The Morgan fingerprint density at radius 1 is 0.923 bits per heavy atom. The molecule has 0 aromatic rings. The van der Waals surface area contributed by atoms with Crippen LogP contribution in [0.3, 0.4) is 0 Å². The lowest BCUT2D eigenvalue weighted by Gasteiger charge is -2.25. The van der Waals surface area contributed by atoms with Crippen molar-refractivity contribution in [3.05, 3.63) is 0 Å². The van der Waals surface area contributed by atoms with Gasteiger partial charge in [-0.1, -0.05) is 48.0 Å². The Labute approximate surface area is 86.5 Å². The minimum Gasteiger partial charge on any atom is -0.306 e. The zero-order valence-corrected chi connectivity index (χ0v) is 11.3. The first kappa shape index (κ1) is 18.7. The van der Waals surface area contributed by atoms with Crippen LogP contribution >= 0.6 is 0 Å². The van der Waals surface area contributed by atoms with E-state index in [2.05, 4.69) is 39.8 Å². The van der Waals surface area contributed by atoms with Crippen molar-refractivity contribution in [2.45, 2.75) is 60.9 Å². The highest BCUT2D eigenvalue weighted by Crippen LogP contribution is 2.10. The average molecular weight is 189 g/mol. The van der Waals surface area contributed by atoms with Gasteiger partial charge in [-0.15, -0.1) is 0 Å². The Bertz CT molecular complexity index is 69.5.